The summed E-state index contributed by atoms with van der Waals surface area (Å²) in [5.74, 6) is -1.24. The highest BCUT2D eigenvalue weighted by Crippen LogP contribution is 2.36. The highest BCUT2D eigenvalue weighted by molar-refractivity contribution is 5.97. The summed E-state index contributed by atoms with van der Waals surface area (Å²) in [5, 5.41) is 11.5. The third-order valence-corrected chi connectivity index (χ3v) is 3.99. The SMILES string of the molecule is CCOc1cc([N+](=O)[O-])c(C(=O)O[C@@H](C(=O)N(C)C)c2ccccc2)cc1OC. The van der Waals surface area contributed by atoms with Gasteiger partial charge in [0, 0.05) is 25.7 Å². The second-order valence-electron chi connectivity index (χ2n) is 6.14. The third-order valence-electron chi connectivity index (χ3n) is 3.99. The second-order valence-corrected chi connectivity index (χ2v) is 6.14. The van der Waals surface area contributed by atoms with E-state index in [9.17, 15) is 19.7 Å². The molecule has 0 unspecified atom stereocenters. The van der Waals surface area contributed by atoms with Gasteiger partial charge in [-0.1, -0.05) is 30.3 Å². The largest absolute Gasteiger partial charge is 0.493 e. The van der Waals surface area contributed by atoms with E-state index in [0.29, 0.717) is 5.56 Å². The number of amides is 1. The molecule has 9 nitrogen and oxygen atoms in total. The van der Waals surface area contributed by atoms with Crippen LogP contribution in [0.25, 0.3) is 0 Å². The highest BCUT2D eigenvalue weighted by atomic mass is 16.6. The Kier molecular flexibility index (Phi) is 7.13. The zero-order valence-electron chi connectivity index (χ0n) is 16.6. The first-order chi connectivity index (χ1) is 13.8. The molecule has 0 aliphatic carbocycles. The lowest BCUT2D eigenvalue weighted by Crippen LogP contribution is -2.31. The van der Waals surface area contributed by atoms with Crippen molar-refractivity contribution >= 4 is 17.6 Å². The fraction of sp³-hybridized carbons (Fsp3) is 0.300. The topological polar surface area (TPSA) is 108 Å². The summed E-state index contributed by atoms with van der Waals surface area (Å²) in [6, 6.07) is 10.7. The number of benzene rings is 2. The van der Waals surface area contributed by atoms with E-state index in [2.05, 4.69) is 0 Å². The molecular weight excluding hydrogens is 380 g/mol. The van der Waals surface area contributed by atoms with Crippen LogP contribution in [0.1, 0.15) is 28.9 Å². The van der Waals surface area contributed by atoms with E-state index in [1.807, 2.05) is 0 Å². The standard InChI is InChI=1S/C20H22N2O7/c1-5-28-17-12-15(22(25)26)14(11-16(17)27-4)20(24)29-18(19(23)21(2)3)13-9-7-6-8-10-13/h6-12,18H,5H2,1-4H3/t18-/m1/s1. The van der Waals surface area contributed by atoms with Crippen LogP contribution in [0.3, 0.4) is 0 Å². The van der Waals surface area contributed by atoms with Crippen molar-refractivity contribution in [2.75, 3.05) is 27.8 Å². The number of hydrogen-bond acceptors (Lipinski definition) is 7. The summed E-state index contributed by atoms with van der Waals surface area (Å²) in [7, 11) is 4.39. The summed E-state index contributed by atoms with van der Waals surface area (Å²) in [6.45, 7) is 1.97. The van der Waals surface area contributed by atoms with Crippen LogP contribution < -0.4 is 9.47 Å². The molecule has 1 amide bonds. The van der Waals surface area contributed by atoms with Crippen molar-refractivity contribution in [1.82, 2.24) is 4.90 Å². The minimum Gasteiger partial charge on any atom is -0.493 e. The molecule has 0 aromatic heterocycles. The maximum atomic E-state index is 12.8. The van der Waals surface area contributed by atoms with Gasteiger partial charge in [-0.3, -0.25) is 14.9 Å². The Labute approximate surface area is 167 Å². The summed E-state index contributed by atoms with van der Waals surface area (Å²) < 4.78 is 15.9. The van der Waals surface area contributed by atoms with Crippen molar-refractivity contribution in [2.24, 2.45) is 0 Å². The fourth-order valence-corrected chi connectivity index (χ4v) is 2.59. The van der Waals surface area contributed by atoms with E-state index >= 15 is 0 Å². The number of nitrogens with zero attached hydrogens (tertiary/aromatic N) is 2. The molecule has 0 saturated heterocycles. The minimum absolute atomic E-state index is 0.127. The molecule has 2 rings (SSSR count). The Hall–Kier alpha value is -3.62. The summed E-state index contributed by atoms with van der Waals surface area (Å²) in [6.07, 6.45) is -1.25. The maximum absolute atomic E-state index is 12.8. The van der Waals surface area contributed by atoms with Crippen molar-refractivity contribution in [1.29, 1.82) is 0 Å². The average molecular weight is 402 g/mol. The van der Waals surface area contributed by atoms with Crippen LogP contribution in [0, 0.1) is 10.1 Å². The Morgan fingerprint density at radius 3 is 2.31 bits per heavy atom. The van der Waals surface area contributed by atoms with Gasteiger partial charge in [0.25, 0.3) is 11.6 Å². The predicted octanol–water partition coefficient (Wildman–Crippen LogP) is 2.99. The van der Waals surface area contributed by atoms with Crippen LogP contribution in [0.5, 0.6) is 11.5 Å². The maximum Gasteiger partial charge on any atom is 0.346 e. The average Bonchev–Trinajstić information content (AvgIpc) is 2.71. The molecule has 9 heteroatoms. The van der Waals surface area contributed by atoms with Crippen LogP contribution in [0.15, 0.2) is 42.5 Å². The molecule has 1 atom stereocenters. The zero-order valence-corrected chi connectivity index (χ0v) is 16.6. The number of esters is 1. The molecule has 2 aromatic rings. The van der Waals surface area contributed by atoms with Crippen LogP contribution in [-0.2, 0) is 9.53 Å². The zero-order chi connectivity index (χ0) is 21.6. The van der Waals surface area contributed by atoms with E-state index < -0.39 is 28.6 Å². The number of ether oxygens (including phenoxy) is 3. The molecule has 154 valence electrons. The van der Waals surface area contributed by atoms with Gasteiger partial charge in [0.05, 0.1) is 24.7 Å². The van der Waals surface area contributed by atoms with Crippen molar-refractivity contribution < 1.29 is 28.7 Å². The number of nitro benzene ring substituents is 1. The summed E-state index contributed by atoms with van der Waals surface area (Å²) in [5.41, 5.74) is -0.411. The van der Waals surface area contributed by atoms with Crippen LogP contribution >= 0.6 is 0 Å². The first kappa shape index (κ1) is 21.7. The van der Waals surface area contributed by atoms with Crippen LogP contribution in [0.2, 0.25) is 0 Å². The Balaban J connectivity index is 2.48. The number of carbonyl (C=O) groups excluding carboxylic acids is 2. The normalized spacial score (nSPS) is 11.3. The molecule has 0 bridgehead atoms. The van der Waals surface area contributed by atoms with Crippen LogP contribution in [0.4, 0.5) is 5.69 Å². The lowest BCUT2D eigenvalue weighted by Gasteiger charge is -2.21. The van der Waals surface area contributed by atoms with Gasteiger partial charge in [-0.2, -0.15) is 0 Å². The molecule has 0 aliphatic heterocycles. The van der Waals surface area contributed by atoms with Gasteiger partial charge in [0.2, 0.25) is 6.10 Å². The van der Waals surface area contributed by atoms with Gasteiger partial charge in [-0.25, -0.2) is 4.79 Å². The molecule has 0 fully saturated rings. The molecule has 29 heavy (non-hydrogen) atoms. The number of nitro groups is 1. The first-order valence-corrected chi connectivity index (χ1v) is 8.76. The quantitative estimate of drug-likeness (QED) is 0.379. The van der Waals surface area contributed by atoms with Crippen molar-refractivity contribution in [2.45, 2.75) is 13.0 Å². The van der Waals surface area contributed by atoms with Gasteiger partial charge >= 0.3 is 5.97 Å². The Bertz CT molecular complexity index is 897. The number of methoxy groups -OCH3 is 1. The Morgan fingerprint density at radius 1 is 1.14 bits per heavy atom. The van der Waals surface area contributed by atoms with Crippen LogP contribution in [-0.4, -0.2) is 49.5 Å². The molecule has 0 spiro atoms. The van der Waals surface area contributed by atoms with E-state index in [4.69, 9.17) is 14.2 Å². The lowest BCUT2D eigenvalue weighted by atomic mass is 10.1. The number of carbonyl (C=O) groups is 2. The minimum atomic E-state index is -1.25. The van der Waals surface area contributed by atoms with Crippen molar-refractivity contribution in [3.63, 3.8) is 0 Å². The van der Waals surface area contributed by atoms with Gasteiger partial charge in [-0.15, -0.1) is 0 Å². The van der Waals surface area contributed by atoms with Gasteiger partial charge in [0.1, 0.15) is 5.56 Å². The number of hydrogen-bond donors (Lipinski definition) is 0. The molecule has 0 radical (unpaired) electrons. The molecule has 2 aromatic carbocycles. The molecule has 0 N–H and O–H groups in total. The van der Waals surface area contributed by atoms with Crippen molar-refractivity contribution in [3.8, 4) is 11.5 Å². The third kappa shape index (κ3) is 5.01. The molecule has 0 aliphatic rings. The van der Waals surface area contributed by atoms with E-state index in [1.165, 1.54) is 32.2 Å². The monoisotopic (exact) mass is 402 g/mol. The van der Waals surface area contributed by atoms with Gasteiger partial charge in [0.15, 0.2) is 11.5 Å². The number of rotatable bonds is 8. The Morgan fingerprint density at radius 2 is 1.79 bits per heavy atom. The number of likely N-dealkylation sites (N-methyl/N-ethyl adjacent to an activating group) is 1. The lowest BCUT2D eigenvalue weighted by molar-refractivity contribution is -0.385. The first-order valence-electron chi connectivity index (χ1n) is 8.76. The van der Waals surface area contributed by atoms with Crippen molar-refractivity contribution in [3.05, 3.63) is 63.7 Å². The smallest absolute Gasteiger partial charge is 0.346 e. The molecule has 0 saturated carbocycles. The molecule has 0 heterocycles. The van der Waals surface area contributed by atoms with Gasteiger partial charge < -0.3 is 19.1 Å². The molecular formula is C20H22N2O7. The second kappa shape index (κ2) is 9.54. The highest BCUT2D eigenvalue weighted by Gasteiger charge is 2.31. The summed E-state index contributed by atoms with van der Waals surface area (Å²) in [4.78, 5) is 37.4. The summed E-state index contributed by atoms with van der Waals surface area (Å²) >= 11 is 0. The van der Waals surface area contributed by atoms with Gasteiger partial charge in [-0.05, 0) is 6.92 Å². The van der Waals surface area contributed by atoms with E-state index in [1.54, 1.807) is 37.3 Å². The van der Waals surface area contributed by atoms with E-state index in [0.717, 1.165) is 6.07 Å². The fourth-order valence-electron chi connectivity index (χ4n) is 2.59. The predicted molar refractivity (Wildman–Crippen MR) is 104 cm³/mol. The van der Waals surface area contributed by atoms with E-state index in [-0.39, 0.29) is 23.7 Å².